The number of thiazole rings is 1. The Morgan fingerprint density at radius 1 is 0.975 bits per heavy atom. The van der Waals surface area contributed by atoms with E-state index in [4.69, 9.17) is 28.4 Å². The fourth-order valence-electron chi connectivity index (χ4n) is 3.63. The number of ether oxygens (including phenoxy) is 6. The summed E-state index contributed by atoms with van der Waals surface area (Å²) in [4.78, 5) is 75.4. The number of carbonyl (C=O) groups is 5. The first kappa shape index (κ1) is 29.9. The summed E-state index contributed by atoms with van der Waals surface area (Å²) in [5.74, 6) is -4.57. The molecule has 1 aliphatic heterocycles. The molecular formula is C23H23N3O13S. The third-order valence-electron chi connectivity index (χ3n) is 5.10. The molecule has 214 valence electrons. The van der Waals surface area contributed by atoms with Crippen LogP contribution in [0.15, 0.2) is 30.5 Å². The fourth-order valence-corrected chi connectivity index (χ4v) is 4.26. The molecule has 1 amide bonds. The van der Waals surface area contributed by atoms with E-state index in [9.17, 15) is 34.1 Å². The zero-order valence-corrected chi connectivity index (χ0v) is 22.2. The molecule has 0 radical (unpaired) electrons. The Morgan fingerprint density at radius 3 is 2.15 bits per heavy atom. The van der Waals surface area contributed by atoms with E-state index in [1.807, 2.05) is 0 Å². The highest BCUT2D eigenvalue weighted by molar-refractivity contribution is 7.18. The predicted octanol–water partition coefficient (Wildman–Crippen LogP) is 1.38. The molecule has 1 aromatic carbocycles. The molecule has 5 atom stereocenters. The number of nitrogens with zero attached hydrogens (tertiary/aromatic N) is 2. The van der Waals surface area contributed by atoms with E-state index in [1.54, 1.807) is 0 Å². The van der Waals surface area contributed by atoms with Gasteiger partial charge in [-0.05, 0) is 23.5 Å². The average Bonchev–Trinajstić information content (AvgIpc) is 3.35. The molecule has 1 aliphatic rings. The number of nitro groups is 1. The van der Waals surface area contributed by atoms with E-state index in [2.05, 4.69) is 10.3 Å². The summed E-state index contributed by atoms with van der Waals surface area (Å²) in [6.45, 7) is 3.12. The standard InChI is InChI=1S/C23H23N3O13S/c1-10(27)35-16-17(36-11(2)28)19(37-12(3)29)22(39-18(16)21(31)34-4)38-14-8-6-5-7-13(14)20(30)25-23-24-9-15(40-23)26(32)33/h5-9,16-19,22H,1-4H3,(H,24,25,30). The molecule has 40 heavy (non-hydrogen) atoms. The van der Waals surface area contributed by atoms with Gasteiger partial charge in [0.05, 0.1) is 17.6 Å². The normalized spacial score (nSPS) is 21.9. The van der Waals surface area contributed by atoms with Crippen molar-refractivity contribution in [1.82, 2.24) is 4.98 Å². The highest BCUT2D eigenvalue weighted by Gasteiger charge is 2.56. The Kier molecular flexibility index (Phi) is 9.68. The van der Waals surface area contributed by atoms with Gasteiger partial charge in [-0.2, -0.15) is 0 Å². The van der Waals surface area contributed by atoms with E-state index < -0.39 is 65.4 Å². The van der Waals surface area contributed by atoms with Crippen LogP contribution in [0.25, 0.3) is 0 Å². The van der Waals surface area contributed by atoms with Gasteiger partial charge in [-0.3, -0.25) is 34.6 Å². The Balaban J connectivity index is 1.99. The lowest BCUT2D eigenvalue weighted by Gasteiger charge is -2.43. The molecule has 0 aliphatic carbocycles. The summed E-state index contributed by atoms with van der Waals surface area (Å²) in [7, 11) is 1.04. The number of methoxy groups -OCH3 is 1. The van der Waals surface area contributed by atoms with Crippen LogP contribution in [0.1, 0.15) is 31.1 Å². The first-order chi connectivity index (χ1) is 18.9. The Labute approximate surface area is 229 Å². The third-order valence-corrected chi connectivity index (χ3v) is 5.97. The number of aromatic nitrogens is 1. The van der Waals surface area contributed by atoms with Gasteiger partial charge in [0.1, 0.15) is 11.9 Å². The highest BCUT2D eigenvalue weighted by Crippen LogP contribution is 2.33. The summed E-state index contributed by atoms with van der Waals surface area (Å²) >= 11 is 0.623. The predicted molar refractivity (Wildman–Crippen MR) is 131 cm³/mol. The molecular weight excluding hydrogens is 558 g/mol. The number of hydrogen-bond donors (Lipinski definition) is 1. The number of carbonyl (C=O) groups excluding carboxylic acids is 5. The van der Waals surface area contributed by atoms with E-state index >= 15 is 0 Å². The van der Waals surface area contributed by atoms with Crippen LogP contribution in [0.4, 0.5) is 10.1 Å². The number of hydrogen-bond acceptors (Lipinski definition) is 15. The monoisotopic (exact) mass is 581 g/mol. The maximum absolute atomic E-state index is 13.0. The second kappa shape index (κ2) is 12.9. The van der Waals surface area contributed by atoms with Gasteiger partial charge in [-0.15, -0.1) is 0 Å². The molecule has 0 saturated carbocycles. The van der Waals surface area contributed by atoms with Gasteiger partial charge in [0, 0.05) is 20.8 Å². The van der Waals surface area contributed by atoms with Crippen LogP contribution in [0.5, 0.6) is 5.75 Å². The summed E-state index contributed by atoms with van der Waals surface area (Å²) in [6, 6.07) is 5.68. The number of benzene rings is 1. The number of para-hydroxylation sites is 1. The van der Waals surface area contributed by atoms with Crippen LogP contribution < -0.4 is 10.1 Å². The average molecular weight is 582 g/mol. The Hall–Kier alpha value is -4.64. The van der Waals surface area contributed by atoms with E-state index in [0.717, 1.165) is 34.1 Å². The minimum absolute atomic E-state index is 0.0666. The lowest BCUT2D eigenvalue weighted by molar-refractivity contribution is -0.380. The van der Waals surface area contributed by atoms with Gasteiger partial charge >= 0.3 is 28.9 Å². The van der Waals surface area contributed by atoms with Crippen LogP contribution >= 0.6 is 11.3 Å². The van der Waals surface area contributed by atoms with Crippen molar-refractivity contribution in [2.24, 2.45) is 0 Å². The number of nitrogens with one attached hydrogen (secondary N) is 1. The maximum atomic E-state index is 13.0. The molecule has 0 spiro atoms. The van der Waals surface area contributed by atoms with Crippen molar-refractivity contribution in [2.75, 3.05) is 12.4 Å². The Bertz CT molecular complexity index is 1310. The SMILES string of the molecule is COC(=O)C1OC(Oc2ccccc2C(=O)Nc2ncc([N+](=O)[O-])s2)C(OC(C)=O)C(OC(C)=O)C1OC(C)=O. The van der Waals surface area contributed by atoms with Crippen LogP contribution in [0.3, 0.4) is 0 Å². The van der Waals surface area contributed by atoms with Crippen molar-refractivity contribution in [1.29, 1.82) is 0 Å². The summed E-state index contributed by atoms with van der Waals surface area (Å²) in [6.07, 6.45) is -7.21. The van der Waals surface area contributed by atoms with Gasteiger partial charge < -0.3 is 28.4 Å². The van der Waals surface area contributed by atoms with Crippen LogP contribution in [-0.4, -0.2) is 77.5 Å². The van der Waals surface area contributed by atoms with Crippen LogP contribution in [0, 0.1) is 10.1 Å². The zero-order chi connectivity index (χ0) is 29.6. The van der Waals surface area contributed by atoms with Crippen LogP contribution in [-0.2, 0) is 42.9 Å². The highest BCUT2D eigenvalue weighted by atomic mass is 32.1. The lowest BCUT2D eigenvalue weighted by Crippen LogP contribution is -2.64. The van der Waals surface area contributed by atoms with Gasteiger partial charge in [0.2, 0.25) is 12.4 Å². The smallest absolute Gasteiger partial charge is 0.345 e. The van der Waals surface area contributed by atoms with E-state index in [0.29, 0.717) is 11.3 Å². The topological polar surface area (TPSA) is 209 Å². The van der Waals surface area contributed by atoms with Crippen molar-refractivity contribution in [3.8, 4) is 5.75 Å². The van der Waals surface area contributed by atoms with E-state index in [1.165, 1.54) is 24.3 Å². The number of rotatable bonds is 9. The molecule has 5 unspecified atom stereocenters. The van der Waals surface area contributed by atoms with Crippen molar-refractivity contribution in [2.45, 2.75) is 51.5 Å². The zero-order valence-electron chi connectivity index (χ0n) is 21.4. The first-order valence-electron chi connectivity index (χ1n) is 11.3. The van der Waals surface area contributed by atoms with E-state index in [-0.39, 0.29) is 21.4 Å². The number of esters is 4. The molecule has 1 N–H and O–H groups in total. The summed E-state index contributed by atoms with van der Waals surface area (Å²) < 4.78 is 32.1. The van der Waals surface area contributed by atoms with Crippen LogP contribution in [0.2, 0.25) is 0 Å². The molecule has 17 heteroatoms. The van der Waals surface area contributed by atoms with Crippen molar-refractivity contribution in [3.63, 3.8) is 0 Å². The van der Waals surface area contributed by atoms with Gasteiger partial charge in [0.25, 0.3) is 5.91 Å². The maximum Gasteiger partial charge on any atom is 0.345 e. The summed E-state index contributed by atoms with van der Waals surface area (Å²) in [5, 5.41) is 13.0. The van der Waals surface area contributed by atoms with Gasteiger partial charge in [-0.1, -0.05) is 12.1 Å². The molecule has 1 aromatic heterocycles. The molecule has 0 bridgehead atoms. The second-order valence-electron chi connectivity index (χ2n) is 8.00. The molecule has 2 heterocycles. The van der Waals surface area contributed by atoms with Crippen molar-refractivity contribution >= 4 is 51.3 Å². The molecule has 3 rings (SSSR count). The molecule has 1 saturated heterocycles. The lowest BCUT2D eigenvalue weighted by atomic mass is 9.97. The van der Waals surface area contributed by atoms with Gasteiger partial charge in [0.15, 0.2) is 23.4 Å². The molecule has 16 nitrogen and oxygen atoms in total. The largest absolute Gasteiger partial charge is 0.467 e. The number of anilines is 1. The third kappa shape index (κ3) is 7.26. The second-order valence-corrected chi connectivity index (χ2v) is 9.01. The van der Waals surface area contributed by atoms with Crippen molar-refractivity contribution < 1.29 is 57.3 Å². The Morgan fingerprint density at radius 2 is 1.57 bits per heavy atom. The molecule has 2 aromatic rings. The minimum Gasteiger partial charge on any atom is -0.467 e. The minimum atomic E-state index is -1.70. The van der Waals surface area contributed by atoms with Gasteiger partial charge in [-0.25, -0.2) is 9.78 Å². The van der Waals surface area contributed by atoms with Crippen molar-refractivity contribution in [3.05, 3.63) is 46.1 Å². The first-order valence-corrected chi connectivity index (χ1v) is 12.1. The molecule has 1 fully saturated rings. The number of amides is 1. The fraction of sp³-hybridized carbons (Fsp3) is 0.391. The summed E-state index contributed by atoms with van der Waals surface area (Å²) in [5.41, 5.74) is -0.105. The quantitative estimate of drug-likeness (QED) is 0.192.